The fourth-order valence-corrected chi connectivity index (χ4v) is 7.40. The molecular weight excluding hydrogens is 705 g/mol. The molecule has 0 fully saturated rings. The molecule has 10 nitrogen and oxygen atoms in total. The number of carbonyl (C=O) groups is 5. The Kier molecular flexibility index (Phi) is 12.6. The molecule has 0 bridgehead atoms. The van der Waals surface area contributed by atoms with Crippen LogP contribution in [0.4, 0.5) is 16.4 Å². The smallest absolute Gasteiger partial charge is 0.341 e. The zero-order chi connectivity index (χ0) is 36.3. The SMILES string of the molecule is CCOC(=O)c1c(NC(=O)C(C)Sc2cccc(NC(=O)/C(=C/c3ccsc3)NC(=O)c3ccccc3)c2)sc(C(=O)Nc2ccccc2)c1C. The molecule has 4 N–H and O–H groups in total. The van der Waals surface area contributed by atoms with Crippen LogP contribution < -0.4 is 21.3 Å². The number of ether oxygens (including phenoxy) is 1. The summed E-state index contributed by atoms with van der Waals surface area (Å²) in [6, 6.07) is 26.3. The molecule has 2 aromatic heterocycles. The summed E-state index contributed by atoms with van der Waals surface area (Å²) in [5.74, 6) is -2.40. The maximum absolute atomic E-state index is 13.5. The summed E-state index contributed by atoms with van der Waals surface area (Å²) in [7, 11) is 0. The minimum Gasteiger partial charge on any atom is -0.462 e. The lowest BCUT2D eigenvalue weighted by Crippen LogP contribution is -2.30. The summed E-state index contributed by atoms with van der Waals surface area (Å²) in [4.78, 5) is 66.9. The summed E-state index contributed by atoms with van der Waals surface area (Å²) in [6.45, 7) is 5.15. The second-order valence-corrected chi connectivity index (χ2v) is 14.2. The molecule has 13 heteroatoms. The van der Waals surface area contributed by atoms with E-state index in [0.717, 1.165) is 16.9 Å². The lowest BCUT2D eigenvalue weighted by Gasteiger charge is -2.14. The Morgan fingerprint density at radius 1 is 0.843 bits per heavy atom. The summed E-state index contributed by atoms with van der Waals surface area (Å²) in [6.07, 6.45) is 1.60. The number of thiophene rings is 2. The van der Waals surface area contributed by atoms with E-state index in [1.807, 2.05) is 22.9 Å². The monoisotopic (exact) mass is 738 g/mol. The molecule has 1 atom stereocenters. The lowest BCUT2D eigenvalue weighted by molar-refractivity contribution is -0.115. The third-order valence-corrected chi connectivity index (χ3v) is 10.3. The average Bonchev–Trinajstić information content (AvgIpc) is 3.76. The first-order valence-corrected chi connectivity index (χ1v) is 18.4. The molecule has 5 aromatic rings. The Bertz CT molecular complexity index is 2060. The first kappa shape index (κ1) is 36.8. The number of esters is 1. The average molecular weight is 739 g/mol. The Labute approximate surface area is 307 Å². The van der Waals surface area contributed by atoms with Crippen LogP contribution in [0.1, 0.15) is 55.4 Å². The van der Waals surface area contributed by atoms with Crippen molar-refractivity contribution in [1.82, 2.24) is 5.32 Å². The van der Waals surface area contributed by atoms with Crippen LogP contribution in [-0.4, -0.2) is 41.5 Å². The highest BCUT2D eigenvalue weighted by Crippen LogP contribution is 2.35. The van der Waals surface area contributed by atoms with Crippen molar-refractivity contribution in [3.8, 4) is 0 Å². The fraction of sp³-hybridized carbons (Fsp3) is 0.132. The maximum atomic E-state index is 13.5. The van der Waals surface area contributed by atoms with Crippen LogP contribution in [-0.2, 0) is 14.3 Å². The van der Waals surface area contributed by atoms with Crippen LogP contribution in [0.15, 0.2) is 112 Å². The number of carbonyl (C=O) groups excluding carboxylic acids is 5. The van der Waals surface area contributed by atoms with E-state index in [0.29, 0.717) is 27.4 Å². The molecule has 2 heterocycles. The van der Waals surface area contributed by atoms with Gasteiger partial charge in [0.25, 0.3) is 17.7 Å². The van der Waals surface area contributed by atoms with E-state index in [1.165, 1.54) is 23.1 Å². The molecule has 0 radical (unpaired) electrons. The van der Waals surface area contributed by atoms with Crippen LogP contribution in [0.25, 0.3) is 6.08 Å². The summed E-state index contributed by atoms with van der Waals surface area (Å²) >= 11 is 3.70. The van der Waals surface area contributed by atoms with Crippen molar-refractivity contribution in [1.29, 1.82) is 0 Å². The van der Waals surface area contributed by atoms with E-state index in [4.69, 9.17) is 4.74 Å². The fourth-order valence-electron chi connectivity index (χ4n) is 4.76. The molecule has 0 spiro atoms. The van der Waals surface area contributed by atoms with Crippen LogP contribution >= 0.6 is 34.4 Å². The number of hydrogen-bond acceptors (Lipinski definition) is 9. The third kappa shape index (κ3) is 9.81. The topological polar surface area (TPSA) is 143 Å². The molecule has 4 amide bonds. The first-order chi connectivity index (χ1) is 24.6. The van der Waals surface area contributed by atoms with Gasteiger partial charge in [-0.3, -0.25) is 19.2 Å². The number of anilines is 3. The van der Waals surface area contributed by atoms with Crippen molar-refractivity contribution in [2.24, 2.45) is 0 Å². The molecule has 1 unspecified atom stereocenters. The Morgan fingerprint density at radius 3 is 2.24 bits per heavy atom. The van der Waals surface area contributed by atoms with Gasteiger partial charge in [-0.1, -0.05) is 42.5 Å². The van der Waals surface area contributed by atoms with Gasteiger partial charge in [0.05, 0.1) is 22.3 Å². The summed E-state index contributed by atoms with van der Waals surface area (Å²) in [5, 5.41) is 14.5. The van der Waals surface area contributed by atoms with Gasteiger partial charge >= 0.3 is 5.97 Å². The standard InChI is InChI=1S/C38H34N4O6S3/c1-4-48-38(47)31-23(2)32(36(46)39-27-14-9-6-10-15-27)51-37(31)42-33(43)24(3)50-29-17-11-16-28(21-29)40-35(45)30(20-25-18-19-49-22-25)41-34(44)26-12-7-5-8-13-26/h5-22,24H,4H2,1-3H3,(H,39,46)(H,40,45)(H,41,44)(H,42,43)/b30-20-. The lowest BCUT2D eigenvalue weighted by atomic mass is 10.1. The Morgan fingerprint density at radius 2 is 1.55 bits per heavy atom. The quantitative estimate of drug-likeness (QED) is 0.0544. The largest absolute Gasteiger partial charge is 0.462 e. The van der Waals surface area contributed by atoms with Crippen molar-refractivity contribution in [3.05, 3.63) is 135 Å². The summed E-state index contributed by atoms with van der Waals surface area (Å²) in [5.41, 5.74) is 2.81. The molecule has 5 rings (SSSR count). The number of rotatable bonds is 13. The summed E-state index contributed by atoms with van der Waals surface area (Å²) < 4.78 is 5.25. The van der Waals surface area contributed by atoms with E-state index in [-0.39, 0.29) is 27.7 Å². The van der Waals surface area contributed by atoms with E-state index in [9.17, 15) is 24.0 Å². The third-order valence-electron chi connectivity index (χ3n) is 7.26. The van der Waals surface area contributed by atoms with Crippen molar-refractivity contribution in [3.63, 3.8) is 0 Å². The number of para-hydroxylation sites is 1. The highest BCUT2D eigenvalue weighted by molar-refractivity contribution is 8.00. The molecule has 3 aromatic carbocycles. The van der Waals surface area contributed by atoms with Crippen LogP contribution in [0.3, 0.4) is 0 Å². The molecule has 260 valence electrons. The van der Waals surface area contributed by atoms with E-state index in [1.54, 1.807) is 106 Å². The molecule has 0 saturated heterocycles. The number of hydrogen-bond donors (Lipinski definition) is 4. The van der Waals surface area contributed by atoms with Gasteiger partial charge in [0.1, 0.15) is 10.7 Å². The van der Waals surface area contributed by atoms with Crippen molar-refractivity contribution in [2.75, 3.05) is 22.6 Å². The predicted molar refractivity (Wildman–Crippen MR) is 205 cm³/mol. The van der Waals surface area contributed by atoms with Crippen molar-refractivity contribution >= 4 is 86.5 Å². The molecule has 0 aliphatic carbocycles. The Balaban J connectivity index is 1.29. The highest BCUT2D eigenvalue weighted by atomic mass is 32.2. The zero-order valence-electron chi connectivity index (χ0n) is 27.9. The van der Waals surface area contributed by atoms with Gasteiger partial charge in [-0.25, -0.2) is 4.79 Å². The Hall–Kier alpha value is -5.50. The van der Waals surface area contributed by atoms with E-state index in [2.05, 4.69) is 21.3 Å². The first-order valence-electron chi connectivity index (χ1n) is 15.8. The van der Waals surface area contributed by atoms with Crippen molar-refractivity contribution in [2.45, 2.75) is 30.9 Å². The molecule has 0 saturated carbocycles. The van der Waals surface area contributed by atoms with Gasteiger partial charge in [-0.15, -0.1) is 23.1 Å². The normalized spacial score (nSPS) is 11.6. The van der Waals surface area contributed by atoms with E-state index < -0.39 is 34.8 Å². The highest BCUT2D eigenvalue weighted by Gasteiger charge is 2.28. The van der Waals surface area contributed by atoms with Gasteiger partial charge in [0.15, 0.2) is 0 Å². The van der Waals surface area contributed by atoms with Crippen LogP contribution in [0.5, 0.6) is 0 Å². The molecular formula is C38H34N4O6S3. The number of nitrogens with one attached hydrogen (secondary N) is 4. The van der Waals surface area contributed by atoms with Crippen LogP contribution in [0.2, 0.25) is 0 Å². The molecule has 0 aliphatic heterocycles. The maximum Gasteiger partial charge on any atom is 0.341 e. The molecule has 0 aliphatic rings. The number of amides is 4. The van der Waals surface area contributed by atoms with Gasteiger partial charge in [-0.05, 0) is 97.3 Å². The van der Waals surface area contributed by atoms with Crippen molar-refractivity contribution < 1.29 is 28.7 Å². The minimum atomic E-state index is -0.644. The molecule has 51 heavy (non-hydrogen) atoms. The van der Waals surface area contributed by atoms with E-state index >= 15 is 0 Å². The minimum absolute atomic E-state index is 0.0634. The van der Waals surface area contributed by atoms with Gasteiger partial charge < -0.3 is 26.0 Å². The predicted octanol–water partition coefficient (Wildman–Crippen LogP) is 8.08. The van der Waals surface area contributed by atoms with Gasteiger partial charge in [0.2, 0.25) is 5.91 Å². The van der Waals surface area contributed by atoms with Gasteiger partial charge in [-0.2, -0.15) is 11.3 Å². The zero-order valence-corrected chi connectivity index (χ0v) is 30.3. The second-order valence-electron chi connectivity index (χ2n) is 11.0. The number of benzene rings is 3. The van der Waals surface area contributed by atoms with Gasteiger partial charge in [0, 0.05) is 21.8 Å². The van der Waals surface area contributed by atoms with Crippen LogP contribution in [0, 0.1) is 6.92 Å². The number of thioether (sulfide) groups is 1. The second kappa shape index (κ2) is 17.4.